The molecule has 0 bridgehead atoms. The Bertz CT molecular complexity index is 665. The molecule has 0 amide bonds. The molecule has 0 aliphatic rings. The van der Waals surface area contributed by atoms with Gasteiger partial charge in [0.05, 0.1) is 23.1 Å². The van der Waals surface area contributed by atoms with Crippen LogP contribution in [0, 0.1) is 0 Å². The number of rotatable bonds is 6. The molecular weight excluding hydrogens is 360 g/mol. The van der Waals surface area contributed by atoms with Crippen molar-refractivity contribution in [3.63, 3.8) is 0 Å². The highest BCUT2D eigenvalue weighted by molar-refractivity contribution is 9.10. The lowest BCUT2D eigenvalue weighted by atomic mass is 9.92. The molecule has 5 heteroatoms. The number of aliphatic hydroxyl groups is 1. The maximum absolute atomic E-state index is 11.6. The normalized spacial score (nSPS) is 13.2. The van der Waals surface area contributed by atoms with Gasteiger partial charge in [-0.25, -0.2) is 0 Å². The third kappa shape index (κ3) is 4.81. The van der Waals surface area contributed by atoms with E-state index in [9.17, 15) is 9.90 Å². The molecule has 0 aliphatic heterocycles. The topological polar surface area (TPSA) is 55.8 Å². The summed E-state index contributed by atoms with van der Waals surface area (Å²) in [5.74, 6) is 0.928. The first-order valence-corrected chi connectivity index (χ1v) is 8.12. The van der Waals surface area contributed by atoms with Crippen LogP contribution in [0.5, 0.6) is 11.5 Å². The number of esters is 1. The van der Waals surface area contributed by atoms with Crippen molar-refractivity contribution in [1.29, 1.82) is 0 Å². The fourth-order valence-corrected chi connectivity index (χ4v) is 2.50. The Balaban J connectivity index is 2.09. The average Bonchev–Trinajstić information content (AvgIpc) is 2.50. The number of benzene rings is 2. The Morgan fingerprint density at radius 2 is 1.83 bits per heavy atom. The highest BCUT2D eigenvalue weighted by Gasteiger charge is 2.27. The molecule has 0 radical (unpaired) electrons. The number of halogens is 1. The molecule has 0 aromatic heterocycles. The first-order chi connectivity index (χ1) is 10.9. The van der Waals surface area contributed by atoms with Gasteiger partial charge in [-0.15, -0.1) is 0 Å². The largest absolute Gasteiger partial charge is 0.466 e. The van der Waals surface area contributed by atoms with Crippen LogP contribution in [-0.4, -0.2) is 17.7 Å². The number of para-hydroxylation sites is 1. The lowest BCUT2D eigenvalue weighted by molar-refractivity contribution is -0.148. The molecule has 1 N–H and O–H groups in total. The van der Waals surface area contributed by atoms with E-state index in [2.05, 4.69) is 15.9 Å². The van der Waals surface area contributed by atoms with Crippen LogP contribution >= 0.6 is 15.9 Å². The summed E-state index contributed by atoms with van der Waals surface area (Å²) in [5, 5.41) is 10.5. The van der Waals surface area contributed by atoms with Gasteiger partial charge in [0, 0.05) is 0 Å². The van der Waals surface area contributed by atoms with Gasteiger partial charge in [-0.2, -0.15) is 0 Å². The van der Waals surface area contributed by atoms with Crippen LogP contribution in [0.4, 0.5) is 0 Å². The summed E-state index contributed by atoms with van der Waals surface area (Å²) in [7, 11) is 0. The second kappa shape index (κ2) is 7.62. The minimum Gasteiger partial charge on any atom is -0.466 e. The molecular formula is C18H19BrO4. The van der Waals surface area contributed by atoms with Crippen LogP contribution in [0.3, 0.4) is 0 Å². The first kappa shape index (κ1) is 17.5. The molecule has 1 atom stereocenters. The van der Waals surface area contributed by atoms with Crippen LogP contribution < -0.4 is 4.74 Å². The molecule has 23 heavy (non-hydrogen) atoms. The Morgan fingerprint density at radius 3 is 2.43 bits per heavy atom. The third-order valence-corrected chi connectivity index (χ3v) is 3.99. The minimum atomic E-state index is -1.28. The van der Waals surface area contributed by atoms with Gasteiger partial charge in [-0.1, -0.05) is 24.3 Å². The van der Waals surface area contributed by atoms with Crippen LogP contribution in [0.1, 0.15) is 25.8 Å². The lowest BCUT2D eigenvalue weighted by Gasteiger charge is -2.23. The highest BCUT2D eigenvalue weighted by atomic mass is 79.9. The van der Waals surface area contributed by atoms with E-state index in [0.717, 1.165) is 4.47 Å². The minimum absolute atomic E-state index is 0.0920. The Morgan fingerprint density at radius 1 is 1.17 bits per heavy atom. The SMILES string of the molecule is CCOC(=O)CC(C)(O)c1ccc(Oc2ccccc2Br)cc1. The predicted octanol–water partition coefficient (Wildman–Crippen LogP) is 4.40. The molecule has 0 spiro atoms. The van der Waals surface area contributed by atoms with E-state index in [-0.39, 0.29) is 6.42 Å². The summed E-state index contributed by atoms with van der Waals surface area (Å²) in [6.07, 6.45) is -0.0920. The van der Waals surface area contributed by atoms with Crippen molar-refractivity contribution in [2.45, 2.75) is 25.9 Å². The second-order valence-corrected chi connectivity index (χ2v) is 6.17. The van der Waals surface area contributed by atoms with Crippen molar-refractivity contribution < 1.29 is 19.4 Å². The van der Waals surface area contributed by atoms with Crippen LogP contribution in [-0.2, 0) is 15.1 Å². The summed E-state index contributed by atoms with van der Waals surface area (Å²) in [5.41, 5.74) is -0.650. The molecule has 0 aliphatic carbocycles. The molecule has 2 aromatic rings. The Labute approximate surface area is 144 Å². The van der Waals surface area contributed by atoms with E-state index in [1.54, 1.807) is 38.1 Å². The molecule has 1 unspecified atom stereocenters. The van der Waals surface area contributed by atoms with Crippen LogP contribution in [0.25, 0.3) is 0 Å². The Kier molecular flexibility index (Phi) is 5.80. The molecule has 2 aromatic carbocycles. The average molecular weight is 379 g/mol. The highest BCUT2D eigenvalue weighted by Crippen LogP contribution is 2.31. The van der Waals surface area contributed by atoms with Crippen molar-refractivity contribution >= 4 is 21.9 Å². The van der Waals surface area contributed by atoms with E-state index in [1.807, 2.05) is 24.3 Å². The molecule has 4 nitrogen and oxygen atoms in total. The number of carbonyl (C=O) groups is 1. The Hall–Kier alpha value is -1.85. The number of ether oxygens (including phenoxy) is 2. The van der Waals surface area contributed by atoms with Gasteiger partial charge in [-0.3, -0.25) is 4.79 Å². The van der Waals surface area contributed by atoms with Gasteiger partial charge in [0.15, 0.2) is 0 Å². The van der Waals surface area contributed by atoms with Gasteiger partial charge < -0.3 is 14.6 Å². The molecule has 0 saturated heterocycles. The zero-order valence-corrected chi connectivity index (χ0v) is 14.7. The fraction of sp³-hybridized carbons (Fsp3) is 0.278. The van der Waals surface area contributed by atoms with Crippen LogP contribution in [0.15, 0.2) is 53.0 Å². The van der Waals surface area contributed by atoms with E-state index in [1.165, 1.54) is 0 Å². The zero-order valence-electron chi connectivity index (χ0n) is 13.1. The van der Waals surface area contributed by atoms with E-state index in [0.29, 0.717) is 23.7 Å². The number of hydrogen-bond donors (Lipinski definition) is 1. The molecule has 2 rings (SSSR count). The quantitative estimate of drug-likeness (QED) is 0.756. The lowest BCUT2D eigenvalue weighted by Crippen LogP contribution is -2.26. The molecule has 0 heterocycles. The molecule has 0 saturated carbocycles. The van der Waals surface area contributed by atoms with Crippen molar-refractivity contribution in [3.8, 4) is 11.5 Å². The van der Waals surface area contributed by atoms with E-state index < -0.39 is 11.6 Å². The molecule has 122 valence electrons. The standard InChI is InChI=1S/C18H19BrO4/c1-3-22-17(20)12-18(2,21)13-8-10-14(11-9-13)23-16-7-5-4-6-15(16)19/h4-11,21H,3,12H2,1-2H3. The van der Waals surface area contributed by atoms with Gasteiger partial charge in [0.25, 0.3) is 0 Å². The molecule has 0 fully saturated rings. The zero-order chi connectivity index (χ0) is 16.9. The van der Waals surface area contributed by atoms with Crippen molar-refractivity contribution in [2.24, 2.45) is 0 Å². The first-order valence-electron chi connectivity index (χ1n) is 7.33. The summed E-state index contributed by atoms with van der Waals surface area (Å²) >= 11 is 3.43. The van der Waals surface area contributed by atoms with E-state index in [4.69, 9.17) is 9.47 Å². The summed E-state index contributed by atoms with van der Waals surface area (Å²) in [6, 6.07) is 14.5. The third-order valence-electron chi connectivity index (χ3n) is 3.33. The number of hydrogen-bond acceptors (Lipinski definition) is 4. The van der Waals surface area contributed by atoms with Gasteiger partial charge in [-0.05, 0) is 59.6 Å². The van der Waals surface area contributed by atoms with Gasteiger partial charge >= 0.3 is 5.97 Å². The van der Waals surface area contributed by atoms with Crippen molar-refractivity contribution in [3.05, 3.63) is 58.6 Å². The second-order valence-electron chi connectivity index (χ2n) is 5.31. The summed E-state index contributed by atoms with van der Waals surface area (Å²) in [4.78, 5) is 11.6. The van der Waals surface area contributed by atoms with Gasteiger partial charge in [0.1, 0.15) is 11.5 Å². The summed E-state index contributed by atoms with van der Waals surface area (Å²) < 4.78 is 11.5. The predicted molar refractivity (Wildman–Crippen MR) is 91.5 cm³/mol. The maximum atomic E-state index is 11.6. The van der Waals surface area contributed by atoms with Crippen LogP contribution in [0.2, 0.25) is 0 Å². The van der Waals surface area contributed by atoms with E-state index >= 15 is 0 Å². The fourth-order valence-electron chi connectivity index (χ4n) is 2.13. The van der Waals surface area contributed by atoms with Crippen molar-refractivity contribution in [1.82, 2.24) is 0 Å². The monoisotopic (exact) mass is 378 g/mol. The smallest absolute Gasteiger partial charge is 0.309 e. The van der Waals surface area contributed by atoms with Crippen molar-refractivity contribution in [2.75, 3.05) is 6.61 Å². The maximum Gasteiger partial charge on any atom is 0.309 e. The van der Waals surface area contributed by atoms with Gasteiger partial charge in [0.2, 0.25) is 0 Å². The number of carbonyl (C=O) groups excluding carboxylic acids is 1. The summed E-state index contributed by atoms with van der Waals surface area (Å²) in [6.45, 7) is 3.63.